The van der Waals surface area contributed by atoms with Crippen LogP contribution in [0.15, 0.2) is 18.2 Å². The molecule has 0 bridgehead atoms. The van der Waals surface area contributed by atoms with E-state index in [0.29, 0.717) is 30.3 Å². The van der Waals surface area contributed by atoms with Gasteiger partial charge in [-0.1, -0.05) is 19.9 Å². The minimum atomic E-state index is -0.281. The van der Waals surface area contributed by atoms with Crippen molar-refractivity contribution in [1.82, 2.24) is 10.6 Å². The van der Waals surface area contributed by atoms with Crippen LogP contribution in [0, 0.1) is 17.2 Å². The summed E-state index contributed by atoms with van der Waals surface area (Å²) in [6.07, 6.45) is 0. The Bertz CT molecular complexity index is 521. The van der Waals surface area contributed by atoms with Crippen LogP contribution in [0.2, 0.25) is 0 Å². The highest BCUT2D eigenvalue weighted by Crippen LogP contribution is 2.18. The van der Waals surface area contributed by atoms with E-state index >= 15 is 0 Å². The van der Waals surface area contributed by atoms with E-state index in [9.17, 15) is 4.79 Å². The zero-order valence-electron chi connectivity index (χ0n) is 13.1. The molecule has 0 aromatic heterocycles. The third kappa shape index (κ3) is 5.44. The Balaban J connectivity index is 2.55. The number of amides is 1. The van der Waals surface area contributed by atoms with E-state index in [4.69, 9.17) is 10.00 Å². The van der Waals surface area contributed by atoms with Crippen LogP contribution < -0.4 is 15.4 Å². The monoisotopic (exact) mass is 289 g/mol. The fourth-order valence-electron chi connectivity index (χ4n) is 1.77. The lowest BCUT2D eigenvalue weighted by Crippen LogP contribution is -2.42. The second kappa shape index (κ2) is 8.28. The van der Waals surface area contributed by atoms with Crippen molar-refractivity contribution in [2.75, 3.05) is 13.7 Å². The smallest absolute Gasteiger partial charge is 0.236 e. The number of benzene rings is 1. The number of rotatable bonds is 7. The van der Waals surface area contributed by atoms with Crippen molar-refractivity contribution in [2.45, 2.75) is 33.4 Å². The van der Waals surface area contributed by atoms with Crippen LogP contribution in [-0.4, -0.2) is 25.6 Å². The van der Waals surface area contributed by atoms with Crippen molar-refractivity contribution >= 4 is 5.91 Å². The highest BCUT2D eigenvalue weighted by atomic mass is 16.5. The van der Waals surface area contributed by atoms with E-state index in [1.807, 2.05) is 13.0 Å². The number of hydrogen-bond donors (Lipinski definition) is 2. The summed E-state index contributed by atoms with van der Waals surface area (Å²) in [6.45, 7) is 7.13. The summed E-state index contributed by atoms with van der Waals surface area (Å²) < 4.78 is 5.10. The van der Waals surface area contributed by atoms with E-state index in [0.717, 1.165) is 5.56 Å². The van der Waals surface area contributed by atoms with Gasteiger partial charge in [0.25, 0.3) is 0 Å². The second-order valence-corrected chi connectivity index (χ2v) is 5.39. The topological polar surface area (TPSA) is 74.2 Å². The second-order valence-electron chi connectivity index (χ2n) is 5.39. The van der Waals surface area contributed by atoms with E-state index in [1.54, 1.807) is 12.1 Å². The molecule has 0 fully saturated rings. The molecule has 1 atom stereocenters. The molecule has 5 nitrogen and oxygen atoms in total. The van der Waals surface area contributed by atoms with Crippen molar-refractivity contribution in [2.24, 2.45) is 5.92 Å². The van der Waals surface area contributed by atoms with Gasteiger partial charge < -0.3 is 15.4 Å². The fourth-order valence-corrected chi connectivity index (χ4v) is 1.77. The molecule has 0 saturated heterocycles. The average Bonchev–Trinajstić information content (AvgIpc) is 2.49. The van der Waals surface area contributed by atoms with Crippen LogP contribution in [0.1, 0.15) is 31.9 Å². The highest BCUT2D eigenvalue weighted by Gasteiger charge is 2.12. The molecule has 2 N–H and O–H groups in total. The minimum Gasteiger partial charge on any atom is -0.495 e. The molecule has 21 heavy (non-hydrogen) atoms. The maximum atomic E-state index is 11.8. The molecule has 1 amide bonds. The van der Waals surface area contributed by atoms with Crippen LogP contribution >= 0.6 is 0 Å². The number of ether oxygens (including phenoxy) is 1. The molecule has 1 rings (SSSR count). The van der Waals surface area contributed by atoms with Gasteiger partial charge in [-0.3, -0.25) is 4.79 Å². The van der Waals surface area contributed by atoms with Gasteiger partial charge >= 0.3 is 0 Å². The summed E-state index contributed by atoms with van der Waals surface area (Å²) >= 11 is 0. The van der Waals surface area contributed by atoms with Crippen LogP contribution in [-0.2, 0) is 11.3 Å². The summed E-state index contributed by atoms with van der Waals surface area (Å²) in [5.74, 6) is 0.975. The zero-order valence-corrected chi connectivity index (χ0v) is 13.1. The molecule has 0 spiro atoms. The van der Waals surface area contributed by atoms with Gasteiger partial charge in [-0.05, 0) is 30.5 Å². The summed E-state index contributed by atoms with van der Waals surface area (Å²) in [4.78, 5) is 11.8. The van der Waals surface area contributed by atoms with E-state index < -0.39 is 0 Å². The predicted octanol–water partition coefficient (Wildman–Crippen LogP) is 1.82. The van der Waals surface area contributed by atoms with Gasteiger partial charge in [0.1, 0.15) is 11.8 Å². The molecule has 5 heteroatoms. The Kier molecular flexibility index (Phi) is 6.70. The fraction of sp³-hybridized carbons (Fsp3) is 0.500. The van der Waals surface area contributed by atoms with Crippen LogP contribution in [0.4, 0.5) is 0 Å². The molecule has 1 unspecified atom stereocenters. The molecule has 0 aliphatic carbocycles. The Morgan fingerprint density at radius 3 is 2.67 bits per heavy atom. The molecule has 0 saturated carbocycles. The predicted molar refractivity (Wildman–Crippen MR) is 81.9 cm³/mol. The molecule has 0 aliphatic rings. The minimum absolute atomic E-state index is 0.0160. The van der Waals surface area contributed by atoms with Gasteiger partial charge in [-0.2, -0.15) is 5.26 Å². The third-order valence-electron chi connectivity index (χ3n) is 3.07. The van der Waals surface area contributed by atoms with Gasteiger partial charge in [0.15, 0.2) is 0 Å². The van der Waals surface area contributed by atoms with E-state index in [1.165, 1.54) is 7.11 Å². The standard InChI is InChI=1S/C16H23N3O2/c1-11(2)9-19-16(20)12(3)18-10-13-5-6-15(21-4)14(7-13)8-17/h5-7,11-12,18H,9-10H2,1-4H3,(H,19,20). The van der Waals surface area contributed by atoms with E-state index in [-0.39, 0.29) is 11.9 Å². The first-order valence-corrected chi connectivity index (χ1v) is 7.06. The van der Waals surface area contributed by atoms with E-state index in [2.05, 4.69) is 30.6 Å². The maximum Gasteiger partial charge on any atom is 0.236 e. The Hall–Kier alpha value is -2.06. The summed E-state index contributed by atoms with van der Waals surface area (Å²) in [6, 6.07) is 7.23. The molecule has 0 aliphatic heterocycles. The largest absolute Gasteiger partial charge is 0.495 e. The van der Waals surface area contributed by atoms with Gasteiger partial charge in [0.05, 0.1) is 18.7 Å². The summed E-state index contributed by atoms with van der Waals surface area (Å²) in [5, 5.41) is 15.1. The number of nitrogens with zero attached hydrogens (tertiary/aromatic N) is 1. The number of nitrogens with one attached hydrogen (secondary N) is 2. The van der Waals surface area contributed by atoms with Gasteiger partial charge in [0.2, 0.25) is 5.91 Å². The zero-order chi connectivity index (χ0) is 15.8. The van der Waals surface area contributed by atoms with Crippen molar-refractivity contribution in [1.29, 1.82) is 5.26 Å². The van der Waals surface area contributed by atoms with Crippen molar-refractivity contribution in [3.05, 3.63) is 29.3 Å². The molecule has 0 heterocycles. The molecular weight excluding hydrogens is 266 g/mol. The number of nitriles is 1. The lowest BCUT2D eigenvalue weighted by atomic mass is 10.1. The number of carbonyl (C=O) groups excluding carboxylic acids is 1. The Labute approximate surface area is 126 Å². The van der Waals surface area contributed by atoms with Crippen LogP contribution in [0.5, 0.6) is 5.75 Å². The van der Waals surface area contributed by atoms with Gasteiger partial charge in [-0.15, -0.1) is 0 Å². The van der Waals surface area contributed by atoms with Crippen LogP contribution in [0.25, 0.3) is 0 Å². The molecule has 1 aromatic rings. The Morgan fingerprint density at radius 2 is 2.10 bits per heavy atom. The summed E-state index contributed by atoms with van der Waals surface area (Å²) in [7, 11) is 1.54. The molecule has 1 aromatic carbocycles. The van der Waals surface area contributed by atoms with Crippen molar-refractivity contribution < 1.29 is 9.53 Å². The third-order valence-corrected chi connectivity index (χ3v) is 3.07. The molecular formula is C16H23N3O2. The lowest BCUT2D eigenvalue weighted by Gasteiger charge is -2.15. The van der Waals surface area contributed by atoms with Crippen molar-refractivity contribution in [3.8, 4) is 11.8 Å². The highest BCUT2D eigenvalue weighted by molar-refractivity contribution is 5.81. The number of hydrogen-bond acceptors (Lipinski definition) is 4. The number of carbonyl (C=O) groups is 1. The summed E-state index contributed by atoms with van der Waals surface area (Å²) in [5.41, 5.74) is 1.43. The first-order valence-electron chi connectivity index (χ1n) is 7.06. The first-order chi connectivity index (χ1) is 9.97. The number of methoxy groups -OCH3 is 1. The van der Waals surface area contributed by atoms with Crippen molar-refractivity contribution in [3.63, 3.8) is 0 Å². The molecule has 0 radical (unpaired) electrons. The van der Waals surface area contributed by atoms with Crippen LogP contribution in [0.3, 0.4) is 0 Å². The first kappa shape index (κ1) is 17.0. The maximum absolute atomic E-state index is 11.8. The van der Waals surface area contributed by atoms with Gasteiger partial charge in [0, 0.05) is 13.1 Å². The average molecular weight is 289 g/mol. The quantitative estimate of drug-likeness (QED) is 0.803. The SMILES string of the molecule is COc1ccc(CNC(C)C(=O)NCC(C)C)cc1C#N. The lowest BCUT2D eigenvalue weighted by molar-refractivity contribution is -0.122. The molecule has 114 valence electrons. The Morgan fingerprint density at radius 1 is 1.38 bits per heavy atom. The van der Waals surface area contributed by atoms with Gasteiger partial charge in [-0.25, -0.2) is 0 Å². The normalized spacial score (nSPS) is 11.8.